The average Bonchev–Trinajstić information content (AvgIpc) is 3.24. The van der Waals surface area contributed by atoms with Gasteiger partial charge < -0.3 is 10.6 Å². The highest BCUT2D eigenvalue weighted by atomic mass is 16.2. The van der Waals surface area contributed by atoms with Gasteiger partial charge in [0, 0.05) is 24.2 Å². The van der Waals surface area contributed by atoms with Crippen molar-refractivity contribution in [1.29, 1.82) is 0 Å². The number of hydrogen-bond donors (Lipinski definition) is 1. The Morgan fingerprint density at radius 2 is 1.93 bits per heavy atom. The number of rotatable bonds is 4. The highest BCUT2D eigenvalue weighted by Crippen LogP contribution is 2.28. The van der Waals surface area contributed by atoms with E-state index >= 15 is 0 Å². The van der Waals surface area contributed by atoms with Gasteiger partial charge in [0.25, 0.3) is 11.8 Å². The minimum atomic E-state index is -0.587. The molecule has 0 atom stereocenters. The number of para-hydroxylation sites is 1. The predicted octanol–water partition coefficient (Wildman–Crippen LogP) is 2.27. The molecule has 29 heavy (non-hydrogen) atoms. The monoisotopic (exact) mass is 392 g/mol. The number of hydrogen-bond acceptors (Lipinski definition) is 5. The van der Waals surface area contributed by atoms with Gasteiger partial charge in [-0.15, -0.1) is 5.10 Å². The van der Waals surface area contributed by atoms with Crippen LogP contribution in [0, 0.1) is 6.92 Å². The van der Waals surface area contributed by atoms with E-state index in [2.05, 4.69) is 17.2 Å². The molecular weight excluding hydrogens is 368 g/mol. The summed E-state index contributed by atoms with van der Waals surface area (Å²) in [6.45, 7) is 5.28. The van der Waals surface area contributed by atoms with Gasteiger partial charge in [-0.25, -0.2) is 4.68 Å². The summed E-state index contributed by atoms with van der Waals surface area (Å²) >= 11 is 0. The van der Waals surface area contributed by atoms with Crippen molar-refractivity contribution in [2.75, 3.05) is 13.1 Å². The third-order valence-electron chi connectivity index (χ3n) is 5.67. The number of benzene rings is 1. The van der Waals surface area contributed by atoms with Gasteiger partial charge in [0.2, 0.25) is 0 Å². The normalized spacial score (nSPS) is 15.0. The molecule has 2 amide bonds. The fraction of sp³-hybridized carbons (Fsp3) is 0.381. The Labute approximate surface area is 168 Å². The smallest absolute Gasteiger partial charge is 0.270 e. The average molecular weight is 392 g/mol. The first-order valence-corrected chi connectivity index (χ1v) is 9.88. The van der Waals surface area contributed by atoms with E-state index in [0.717, 1.165) is 47.0 Å². The fourth-order valence-corrected chi connectivity index (χ4v) is 4.04. The van der Waals surface area contributed by atoms with E-state index < -0.39 is 5.91 Å². The van der Waals surface area contributed by atoms with Crippen molar-refractivity contribution in [3.8, 4) is 0 Å². The van der Waals surface area contributed by atoms with Crippen molar-refractivity contribution in [2.24, 2.45) is 5.73 Å². The van der Waals surface area contributed by atoms with E-state index in [1.54, 1.807) is 10.9 Å². The molecule has 1 aromatic carbocycles. The third-order valence-corrected chi connectivity index (χ3v) is 5.67. The van der Waals surface area contributed by atoms with Gasteiger partial charge in [0.15, 0.2) is 5.69 Å². The first-order chi connectivity index (χ1) is 14.0. The zero-order valence-electron chi connectivity index (χ0n) is 16.6. The number of pyridine rings is 1. The van der Waals surface area contributed by atoms with Crippen molar-refractivity contribution in [1.82, 2.24) is 24.9 Å². The van der Waals surface area contributed by atoms with Gasteiger partial charge in [-0.1, -0.05) is 30.3 Å². The summed E-state index contributed by atoms with van der Waals surface area (Å²) in [7, 11) is 0. The second-order valence-corrected chi connectivity index (χ2v) is 7.40. The van der Waals surface area contributed by atoms with Crippen LogP contribution >= 0.6 is 0 Å². The van der Waals surface area contributed by atoms with E-state index in [0.29, 0.717) is 13.1 Å². The molecule has 0 saturated carbocycles. The van der Waals surface area contributed by atoms with Gasteiger partial charge in [0.05, 0.1) is 23.3 Å². The van der Waals surface area contributed by atoms with Crippen LogP contribution in [0.2, 0.25) is 0 Å². The van der Waals surface area contributed by atoms with Crippen molar-refractivity contribution in [3.63, 3.8) is 0 Å². The molecule has 8 nitrogen and oxygen atoms in total. The number of nitrogens with zero attached hydrogens (tertiary/aromatic N) is 5. The Bertz CT molecular complexity index is 1080. The molecule has 1 aliphatic rings. The lowest BCUT2D eigenvalue weighted by Crippen LogP contribution is -2.39. The van der Waals surface area contributed by atoms with E-state index in [9.17, 15) is 9.59 Å². The standard InChI is InChI=1S/C21H24N6O2/c1-3-16-13(2)19(15-6-4-5-7-17(15)23-16)21(29)26-10-8-14(9-11-26)27-12-18(20(22)28)24-25-27/h4-7,12,14H,3,8-11H2,1-2H3,(H2,22,28). The first kappa shape index (κ1) is 19.0. The van der Waals surface area contributed by atoms with Gasteiger partial charge in [-0.3, -0.25) is 14.6 Å². The summed E-state index contributed by atoms with van der Waals surface area (Å²) in [5, 5.41) is 8.73. The van der Waals surface area contributed by atoms with Crippen molar-refractivity contribution in [3.05, 3.63) is 53.0 Å². The second-order valence-electron chi connectivity index (χ2n) is 7.40. The van der Waals surface area contributed by atoms with Gasteiger partial charge in [-0.2, -0.15) is 0 Å². The molecule has 0 aliphatic carbocycles. The molecule has 2 aromatic heterocycles. The van der Waals surface area contributed by atoms with Crippen molar-refractivity contribution in [2.45, 2.75) is 39.2 Å². The molecule has 8 heteroatoms. The molecule has 3 aromatic rings. The number of aryl methyl sites for hydroxylation is 1. The maximum absolute atomic E-state index is 13.4. The van der Waals surface area contributed by atoms with Crippen LogP contribution in [-0.2, 0) is 6.42 Å². The lowest BCUT2D eigenvalue weighted by Gasteiger charge is -2.32. The van der Waals surface area contributed by atoms with Crippen LogP contribution in [0.25, 0.3) is 10.9 Å². The van der Waals surface area contributed by atoms with Crippen LogP contribution in [-0.4, -0.2) is 49.8 Å². The topological polar surface area (TPSA) is 107 Å². The summed E-state index contributed by atoms with van der Waals surface area (Å²) in [5.74, 6) is -0.540. The number of likely N-dealkylation sites (tertiary alicyclic amines) is 1. The minimum absolute atomic E-state index is 0.0469. The summed E-state index contributed by atoms with van der Waals surface area (Å²) in [6, 6.07) is 7.91. The molecule has 1 saturated heterocycles. The predicted molar refractivity (Wildman–Crippen MR) is 109 cm³/mol. The minimum Gasteiger partial charge on any atom is -0.364 e. The summed E-state index contributed by atoms with van der Waals surface area (Å²) in [5.41, 5.74) is 8.94. The maximum Gasteiger partial charge on any atom is 0.270 e. The van der Waals surface area contributed by atoms with Gasteiger partial charge >= 0.3 is 0 Å². The maximum atomic E-state index is 13.4. The van der Waals surface area contributed by atoms with Crippen LogP contribution in [0.15, 0.2) is 30.5 Å². The molecule has 0 bridgehead atoms. The largest absolute Gasteiger partial charge is 0.364 e. The number of aromatic nitrogens is 4. The molecule has 0 radical (unpaired) electrons. The lowest BCUT2D eigenvalue weighted by atomic mass is 9.97. The first-order valence-electron chi connectivity index (χ1n) is 9.88. The molecule has 3 heterocycles. The molecule has 0 spiro atoms. The van der Waals surface area contributed by atoms with Gasteiger partial charge in [-0.05, 0) is 37.8 Å². The molecule has 1 aliphatic heterocycles. The summed E-state index contributed by atoms with van der Waals surface area (Å²) in [6.07, 6.45) is 3.86. The number of amides is 2. The number of piperidine rings is 1. The lowest BCUT2D eigenvalue weighted by molar-refractivity contribution is 0.0690. The van der Waals surface area contributed by atoms with Crippen LogP contribution in [0.4, 0.5) is 0 Å². The fourth-order valence-electron chi connectivity index (χ4n) is 4.04. The van der Waals surface area contributed by atoms with Crippen molar-refractivity contribution >= 4 is 22.7 Å². The van der Waals surface area contributed by atoms with Gasteiger partial charge in [0.1, 0.15) is 0 Å². The van der Waals surface area contributed by atoms with E-state index in [4.69, 9.17) is 10.7 Å². The third kappa shape index (κ3) is 3.46. The van der Waals surface area contributed by atoms with Crippen LogP contribution < -0.4 is 5.73 Å². The Morgan fingerprint density at radius 3 is 2.59 bits per heavy atom. The Balaban J connectivity index is 1.57. The second kappa shape index (κ2) is 7.62. The number of fused-ring (bicyclic) bond motifs is 1. The Morgan fingerprint density at radius 1 is 1.21 bits per heavy atom. The number of carbonyl (C=O) groups is 2. The SMILES string of the molecule is CCc1nc2ccccc2c(C(=O)N2CCC(n3cc(C(N)=O)nn3)CC2)c1C. The number of nitrogens with two attached hydrogens (primary N) is 1. The van der Waals surface area contributed by atoms with Crippen LogP contribution in [0.5, 0.6) is 0 Å². The Kier molecular flexibility index (Phi) is 5.00. The number of primary amides is 1. The zero-order chi connectivity index (χ0) is 20.5. The Hall–Kier alpha value is -3.29. The highest BCUT2D eigenvalue weighted by molar-refractivity contribution is 6.07. The summed E-state index contributed by atoms with van der Waals surface area (Å²) < 4.78 is 1.68. The van der Waals surface area contributed by atoms with Crippen LogP contribution in [0.1, 0.15) is 57.9 Å². The van der Waals surface area contributed by atoms with E-state index in [1.165, 1.54) is 0 Å². The quantitative estimate of drug-likeness (QED) is 0.733. The molecule has 2 N–H and O–H groups in total. The van der Waals surface area contributed by atoms with Crippen LogP contribution in [0.3, 0.4) is 0 Å². The molecule has 1 fully saturated rings. The van der Waals surface area contributed by atoms with Crippen molar-refractivity contribution < 1.29 is 9.59 Å². The molecule has 0 unspecified atom stereocenters. The molecular formula is C21H24N6O2. The highest BCUT2D eigenvalue weighted by Gasteiger charge is 2.28. The molecule has 4 rings (SSSR count). The van der Waals surface area contributed by atoms with E-state index in [-0.39, 0.29) is 17.6 Å². The van der Waals surface area contributed by atoms with E-state index in [1.807, 2.05) is 36.1 Å². The molecule has 150 valence electrons. The number of carbonyl (C=O) groups excluding carboxylic acids is 2. The summed E-state index contributed by atoms with van der Waals surface area (Å²) in [4.78, 5) is 31.3. The zero-order valence-corrected chi connectivity index (χ0v) is 16.6.